The van der Waals surface area contributed by atoms with Gasteiger partial charge in [-0.2, -0.15) is 0 Å². The van der Waals surface area contributed by atoms with Gasteiger partial charge in [0.15, 0.2) is 11.0 Å². The van der Waals surface area contributed by atoms with E-state index >= 15 is 0 Å². The summed E-state index contributed by atoms with van der Waals surface area (Å²) in [5.74, 6) is 0.970. The van der Waals surface area contributed by atoms with Crippen molar-refractivity contribution >= 4 is 31.2 Å². The first-order valence-corrected chi connectivity index (χ1v) is 11.1. The van der Waals surface area contributed by atoms with Crippen LogP contribution in [0, 0.1) is 0 Å². The van der Waals surface area contributed by atoms with Crippen LogP contribution in [0.1, 0.15) is 0 Å². The van der Waals surface area contributed by atoms with Crippen molar-refractivity contribution in [3.63, 3.8) is 0 Å². The summed E-state index contributed by atoms with van der Waals surface area (Å²) in [5, 5.41) is 12.8. The highest BCUT2D eigenvalue weighted by molar-refractivity contribution is 8.00. The van der Waals surface area contributed by atoms with Gasteiger partial charge in [-0.1, -0.05) is 37.5 Å². The third-order valence-corrected chi connectivity index (χ3v) is 7.73. The molecule has 3 nitrogen and oxygen atoms in total. The van der Waals surface area contributed by atoms with Gasteiger partial charge in [0, 0.05) is 7.05 Å². The summed E-state index contributed by atoms with van der Waals surface area (Å²) in [5.41, 5.74) is 0. The smallest absolute Gasteiger partial charge is 0.190 e. The van der Waals surface area contributed by atoms with E-state index in [0.717, 1.165) is 11.0 Å². The maximum atomic E-state index is 4.28. The van der Waals surface area contributed by atoms with Crippen LogP contribution in [0.15, 0.2) is 22.7 Å². The summed E-state index contributed by atoms with van der Waals surface area (Å²) in [6.07, 6.45) is 0. The molecule has 17 heavy (non-hydrogen) atoms. The summed E-state index contributed by atoms with van der Waals surface area (Å²) >= 11 is 3.53. The molecule has 0 aliphatic heterocycles. The third-order valence-electron chi connectivity index (χ3n) is 2.21. The first-order chi connectivity index (χ1) is 7.97. The fourth-order valence-corrected chi connectivity index (χ4v) is 4.71. The van der Waals surface area contributed by atoms with Crippen LogP contribution in [0.5, 0.6) is 0 Å². The maximum Gasteiger partial charge on any atom is 0.190 e. The molecule has 2 rings (SSSR count). The standard InChI is InChI=1S/C11H17N3S2Si/c1-14-10(9-6-5-7-15-9)12-13-11(14)16-8-17(2,3)4/h5-7H,8H2,1-4H3. The van der Waals surface area contributed by atoms with Crippen molar-refractivity contribution in [2.75, 3.05) is 5.38 Å². The minimum absolute atomic E-state index is 0.970. The predicted octanol–water partition coefficient (Wildman–Crippen LogP) is 3.51. The van der Waals surface area contributed by atoms with Crippen molar-refractivity contribution in [3.8, 4) is 10.7 Å². The lowest BCUT2D eigenvalue weighted by atomic mass is 10.4. The average molecular weight is 283 g/mol. The van der Waals surface area contributed by atoms with Crippen LogP contribution in [-0.4, -0.2) is 28.2 Å². The molecule has 0 saturated heterocycles. The van der Waals surface area contributed by atoms with Gasteiger partial charge in [0.1, 0.15) is 0 Å². The number of thioether (sulfide) groups is 1. The van der Waals surface area contributed by atoms with Crippen LogP contribution in [0.4, 0.5) is 0 Å². The van der Waals surface area contributed by atoms with E-state index in [2.05, 4.69) is 45.9 Å². The van der Waals surface area contributed by atoms with E-state index in [1.807, 2.05) is 24.9 Å². The monoisotopic (exact) mass is 283 g/mol. The van der Waals surface area contributed by atoms with Crippen LogP contribution in [0.2, 0.25) is 19.6 Å². The van der Waals surface area contributed by atoms with E-state index in [-0.39, 0.29) is 0 Å². The highest BCUT2D eigenvalue weighted by atomic mass is 32.2. The molecule has 0 atom stereocenters. The van der Waals surface area contributed by atoms with Gasteiger partial charge in [0.2, 0.25) is 0 Å². The Kier molecular flexibility index (Phi) is 3.75. The molecule has 0 aromatic carbocycles. The molecular formula is C11H17N3S2Si. The fraction of sp³-hybridized carbons (Fsp3) is 0.455. The van der Waals surface area contributed by atoms with Gasteiger partial charge >= 0.3 is 0 Å². The largest absolute Gasteiger partial charge is 0.305 e. The minimum atomic E-state index is -1.04. The van der Waals surface area contributed by atoms with Crippen LogP contribution in [0.3, 0.4) is 0 Å². The molecule has 2 aromatic rings. The average Bonchev–Trinajstić information content (AvgIpc) is 2.83. The molecule has 0 unspecified atom stereocenters. The second-order valence-electron chi connectivity index (χ2n) is 5.19. The summed E-state index contributed by atoms with van der Waals surface area (Å²) in [4.78, 5) is 1.18. The summed E-state index contributed by atoms with van der Waals surface area (Å²) in [7, 11) is 1.01. The number of rotatable bonds is 4. The van der Waals surface area contributed by atoms with Crippen molar-refractivity contribution in [3.05, 3.63) is 17.5 Å². The first-order valence-electron chi connectivity index (χ1n) is 5.53. The summed E-state index contributed by atoms with van der Waals surface area (Å²) in [6.45, 7) is 7.11. The van der Waals surface area contributed by atoms with E-state index in [0.29, 0.717) is 0 Å². The topological polar surface area (TPSA) is 30.7 Å². The van der Waals surface area contributed by atoms with Crippen molar-refractivity contribution in [2.24, 2.45) is 7.05 Å². The van der Waals surface area contributed by atoms with Gasteiger partial charge in [0.25, 0.3) is 0 Å². The van der Waals surface area contributed by atoms with Gasteiger partial charge in [0.05, 0.1) is 13.0 Å². The fourth-order valence-electron chi connectivity index (χ4n) is 1.34. The SMILES string of the molecule is Cn1c(SC[Si](C)(C)C)nnc1-c1cccs1. The highest BCUT2D eigenvalue weighted by Gasteiger charge is 2.17. The Morgan fingerprint density at radius 1 is 1.35 bits per heavy atom. The van der Waals surface area contributed by atoms with E-state index in [1.165, 1.54) is 10.3 Å². The van der Waals surface area contributed by atoms with E-state index in [1.54, 1.807) is 11.3 Å². The zero-order chi connectivity index (χ0) is 12.5. The molecule has 0 aliphatic carbocycles. The number of aromatic nitrogens is 3. The third kappa shape index (κ3) is 3.20. The van der Waals surface area contributed by atoms with Crippen LogP contribution < -0.4 is 0 Å². The Bertz CT molecular complexity index is 485. The van der Waals surface area contributed by atoms with Crippen molar-refractivity contribution < 1.29 is 0 Å². The molecule has 92 valence electrons. The molecule has 0 radical (unpaired) electrons. The molecule has 0 bridgehead atoms. The van der Waals surface area contributed by atoms with Gasteiger partial charge in [-0.25, -0.2) is 0 Å². The molecule has 0 amide bonds. The molecule has 2 aromatic heterocycles. The lowest BCUT2D eigenvalue weighted by molar-refractivity contribution is 0.796. The Balaban J connectivity index is 2.16. The molecule has 6 heteroatoms. The van der Waals surface area contributed by atoms with Crippen LogP contribution in [-0.2, 0) is 7.05 Å². The molecule has 0 N–H and O–H groups in total. The lowest BCUT2D eigenvalue weighted by Gasteiger charge is -2.14. The van der Waals surface area contributed by atoms with Gasteiger partial charge in [-0.05, 0) is 16.8 Å². The first kappa shape index (κ1) is 12.9. The minimum Gasteiger partial charge on any atom is -0.305 e. The molecule has 2 heterocycles. The molecule has 0 fully saturated rings. The number of nitrogens with zero attached hydrogens (tertiary/aromatic N) is 3. The highest BCUT2D eigenvalue weighted by Crippen LogP contribution is 2.27. The second-order valence-corrected chi connectivity index (χ2v) is 13.1. The van der Waals surface area contributed by atoms with E-state index in [9.17, 15) is 0 Å². The van der Waals surface area contributed by atoms with Crippen LogP contribution >= 0.6 is 23.1 Å². The Morgan fingerprint density at radius 2 is 2.12 bits per heavy atom. The Morgan fingerprint density at radius 3 is 2.71 bits per heavy atom. The summed E-state index contributed by atoms with van der Waals surface area (Å²) < 4.78 is 2.09. The molecular weight excluding hydrogens is 266 g/mol. The number of hydrogen-bond acceptors (Lipinski definition) is 4. The predicted molar refractivity (Wildman–Crippen MR) is 78.4 cm³/mol. The van der Waals surface area contributed by atoms with Crippen molar-refractivity contribution in [2.45, 2.75) is 24.8 Å². The molecule has 0 aliphatic rings. The zero-order valence-electron chi connectivity index (χ0n) is 10.6. The molecule has 0 spiro atoms. The van der Waals surface area contributed by atoms with E-state index < -0.39 is 8.07 Å². The van der Waals surface area contributed by atoms with Gasteiger partial charge < -0.3 is 4.57 Å². The Hall–Kier alpha value is -0.593. The summed E-state index contributed by atoms with van der Waals surface area (Å²) in [6, 6.07) is 4.13. The number of thiophene rings is 1. The second kappa shape index (κ2) is 4.95. The van der Waals surface area contributed by atoms with Crippen molar-refractivity contribution in [1.29, 1.82) is 0 Å². The quantitative estimate of drug-likeness (QED) is 0.635. The normalized spacial score (nSPS) is 12.0. The van der Waals surface area contributed by atoms with Crippen LogP contribution in [0.25, 0.3) is 10.7 Å². The van der Waals surface area contributed by atoms with Gasteiger partial charge in [-0.15, -0.1) is 21.5 Å². The lowest BCUT2D eigenvalue weighted by Crippen LogP contribution is -2.24. The number of hydrogen-bond donors (Lipinski definition) is 0. The maximum absolute atomic E-state index is 4.28. The molecule has 0 saturated carbocycles. The zero-order valence-corrected chi connectivity index (χ0v) is 13.2. The Labute approximate surface area is 111 Å². The van der Waals surface area contributed by atoms with E-state index in [4.69, 9.17) is 0 Å². The van der Waals surface area contributed by atoms with Crippen molar-refractivity contribution in [1.82, 2.24) is 14.8 Å². The van der Waals surface area contributed by atoms with Gasteiger partial charge in [-0.3, -0.25) is 0 Å².